The molecular weight excluding hydrogens is 329 g/mol. The molecule has 0 saturated heterocycles. The van der Waals surface area contributed by atoms with Crippen LogP contribution in [0.25, 0.3) is 0 Å². The van der Waals surface area contributed by atoms with E-state index in [1.54, 1.807) is 12.1 Å². The van der Waals surface area contributed by atoms with Crippen LogP contribution in [-0.4, -0.2) is 13.1 Å². The average Bonchev–Trinajstić information content (AvgIpc) is 2.48. The molecule has 21 heavy (non-hydrogen) atoms. The smallest absolute Gasteiger partial charge is 0.126 e. The molecule has 0 aromatic heterocycles. The zero-order valence-corrected chi connectivity index (χ0v) is 15.2. The number of rotatable bonds is 10. The fourth-order valence-electron chi connectivity index (χ4n) is 2.83. The first kappa shape index (κ1) is 18.6. The Morgan fingerprint density at radius 1 is 1.19 bits per heavy atom. The van der Waals surface area contributed by atoms with E-state index in [1.165, 1.54) is 12.8 Å². The molecule has 0 saturated carbocycles. The van der Waals surface area contributed by atoms with Gasteiger partial charge in [0.15, 0.2) is 0 Å². The van der Waals surface area contributed by atoms with Gasteiger partial charge in [0.1, 0.15) is 5.82 Å². The number of nitrogens with one attached hydrogen (secondary N) is 1. The summed E-state index contributed by atoms with van der Waals surface area (Å²) in [5.74, 6) is -0.0805. The van der Waals surface area contributed by atoms with Gasteiger partial charge in [0.05, 0.1) is 0 Å². The quantitative estimate of drug-likeness (QED) is 0.528. The molecule has 0 aliphatic carbocycles. The van der Waals surface area contributed by atoms with E-state index < -0.39 is 0 Å². The normalized spacial score (nSPS) is 14.1. The van der Waals surface area contributed by atoms with E-state index in [-0.39, 0.29) is 11.2 Å². The van der Waals surface area contributed by atoms with Gasteiger partial charge in [-0.3, -0.25) is 0 Å². The van der Waals surface area contributed by atoms with Crippen molar-refractivity contribution >= 4 is 15.9 Å². The molecule has 1 unspecified atom stereocenters. The Labute approximate surface area is 137 Å². The van der Waals surface area contributed by atoms with Gasteiger partial charge in [0, 0.05) is 11.0 Å². The molecule has 0 aliphatic rings. The minimum atomic E-state index is -0.0805. The molecule has 1 rings (SSSR count). The highest BCUT2D eigenvalue weighted by atomic mass is 79.9. The lowest BCUT2D eigenvalue weighted by atomic mass is 9.75. The molecule has 0 fully saturated rings. The Hall–Kier alpha value is -0.410. The third kappa shape index (κ3) is 6.07. The molecular formula is C18H29BrFN. The largest absolute Gasteiger partial charge is 0.316 e. The van der Waals surface area contributed by atoms with Crippen molar-refractivity contribution in [3.8, 4) is 0 Å². The van der Waals surface area contributed by atoms with Crippen molar-refractivity contribution in [1.82, 2.24) is 5.32 Å². The Balaban J connectivity index is 2.90. The van der Waals surface area contributed by atoms with Crippen molar-refractivity contribution in [2.75, 3.05) is 13.1 Å². The van der Waals surface area contributed by atoms with Crippen molar-refractivity contribution < 1.29 is 4.39 Å². The number of hydrogen-bond donors (Lipinski definition) is 1. The van der Waals surface area contributed by atoms with E-state index in [2.05, 4.69) is 42.0 Å². The summed E-state index contributed by atoms with van der Waals surface area (Å²) in [6.07, 6.45) is 6.58. The third-order valence-corrected chi connectivity index (χ3v) is 4.80. The number of hydrogen-bond acceptors (Lipinski definition) is 1. The highest BCUT2D eigenvalue weighted by Gasteiger charge is 2.28. The predicted molar refractivity (Wildman–Crippen MR) is 93.2 cm³/mol. The molecule has 1 aromatic rings. The highest BCUT2D eigenvalue weighted by Crippen LogP contribution is 2.34. The maximum absolute atomic E-state index is 14.1. The second-order valence-electron chi connectivity index (χ2n) is 6.05. The van der Waals surface area contributed by atoms with Gasteiger partial charge < -0.3 is 5.32 Å². The Morgan fingerprint density at radius 2 is 1.95 bits per heavy atom. The van der Waals surface area contributed by atoms with Crippen molar-refractivity contribution in [1.29, 1.82) is 0 Å². The summed E-state index contributed by atoms with van der Waals surface area (Å²) >= 11 is 3.46. The first-order valence-corrected chi connectivity index (χ1v) is 9.01. The fraction of sp³-hybridized carbons (Fsp3) is 0.667. The van der Waals surface area contributed by atoms with Gasteiger partial charge in [-0.2, -0.15) is 0 Å². The zero-order valence-electron chi connectivity index (χ0n) is 13.6. The van der Waals surface area contributed by atoms with Gasteiger partial charge in [0.25, 0.3) is 0 Å². The van der Waals surface area contributed by atoms with Gasteiger partial charge in [-0.25, -0.2) is 4.39 Å². The lowest BCUT2D eigenvalue weighted by Crippen LogP contribution is -2.36. The topological polar surface area (TPSA) is 12.0 Å². The molecule has 1 atom stereocenters. The van der Waals surface area contributed by atoms with Gasteiger partial charge in [0.2, 0.25) is 0 Å². The predicted octanol–water partition coefficient (Wildman–Crippen LogP) is 5.72. The molecule has 0 radical (unpaired) electrons. The Kier molecular flexibility index (Phi) is 8.50. The summed E-state index contributed by atoms with van der Waals surface area (Å²) in [6.45, 7) is 8.65. The SMILES string of the molecule is CCCCC(CC)(CNCCC)Cc1cc(Br)ccc1F. The van der Waals surface area contributed by atoms with E-state index in [4.69, 9.17) is 0 Å². The second-order valence-corrected chi connectivity index (χ2v) is 6.96. The standard InChI is InChI=1S/C18H29BrFN/c1-4-7-10-18(6-3,14-21-11-5-2)13-15-12-16(19)8-9-17(15)20/h8-9,12,21H,4-7,10-11,13-14H2,1-3H3. The summed E-state index contributed by atoms with van der Waals surface area (Å²) in [6, 6.07) is 5.28. The average molecular weight is 358 g/mol. The van der Waals surface area contributed by atoms with Crippen LogP contribution in [0.1, 0.15) is 58.4 Å². The molecule has 0 bridgehead atoms. The van der Waals surface area contributed by atoms with Crippen LogP contribution in [0.2, 0.25) is 0 Å². The summed E-state index contributed by atoms with van der Waals surface area (Å²) in [7, 11) is 0. The first-order valence-electron chi connectivity index (χ1n) is 8.21. The maximum Gasteiger partial charge on any atom is 0.126 e. The number of benzene rings is 1. The van der Waals surface area contributed by atoms with Crippen molar-refractivity contribution in [3.63, 3.8) is 0 Å². The van der Waals surface area contributed by atoms with E-state index >= 15 is 0 Å². The van der Waals surface area contributed by atoms with Crippen molar-refractivity contribution in [2.24, 2.45) is 5.41 Å². The van der Waals surface area contributed by atoms with Crippen LogP contribution >= 0.6 is 15.9 Å². The number of halogens is 2. The minimum Gasteiger partial charge on any atom is -0.316 e. The molecule has 120 valence electrons. The minimum absolute atomic E-state index is 0.0805. The van der Waals surface area contributed by atoms with E-state index in [0.717, 1.165) is 48.8 Å². The lowest BCUT2D eigenvalue weighted by molar-refractivity contribution is 0.227. The Bertz CT molecular complexity index is 422. The van der Waals surface area contributed by atoms with Crippen LogP contribution < -0.4 is 5.32 Å². The van der Waals surface area contributed by atoms with Crippen LogP contribution in [0.5, 0.6) is 0 Å². The molecule has 0 spiro atoms. The zero-order chi connectivity index (χ0) is 15.7. The van der Waals surface area contributed by atoms with Crippen LogP contribution in [0.4, 0.5) is 4.39 Å². The van der Waals surface area contributed by atoms with E-state index in [0.29, 0.717) is 0 Å². The molecule has 0 aliphatic heterocycles. The maximum atomic E-state index is 14.1. The first-order chi connectivity index (χ1) is 10.1. The molecule has 0 heterocycles. The van der Waals surface area contributed by atoms with E-state index in [1.807, 2.05) is 6.07 Å². The summed E-state index contributed by atoms with van der Waals surface area (Å²) in [4.78, 5) is 0. The summed E-state index contributed by atoms with van der Waals surface area (Å²) < 4.78 is 15.1. The van der Waals surface area contributed by atoms with Crippen molar-refractivity contribution in [2.45, 2.75) is 59.3 Å². The van der Waals surface area contributed by atoms with Gasteiger partial charge >= 0.3 is 0 Å². The van der Waals surface area contributed by atoms with Crippen LogP contribution in [-0.2, 0) is 6.42 Å². The monoisotopic (exact) mass is 357 g/mol. The Morgan fingerprint density at radius 3 is 2.57 bits per heavy atom. The van der Waals surface area contributed by atoms with Crippen molar-refractivity contribution in [3.05, 3.63) is 34.1 Å². The van der Waals surface area contributed by atoms with E-state index in [9.17, 15) is 4.39 Å². The molecule has 3 heteroatoms. The molecule has 1 aromatic carbocycles. The van der Waals surface area contributed by atoms with Gasteiger partial charge in [-0.1, -0.05) is 49.5 Å². The number of unbranched alkanes of at least 4 members (excludes halogenated alkanes) is 1. The van der Waals surface area contributed by atoms with Crippen LogP contribution in [0, 0.1) is 11.2 Å². The fourth-order valence-corrected chi connectivity index (χ4v) is 3.24. The summed E-state index contributed by atoms with van der Waals surface area (Å²) in [5, 5.41) is 3.56. The van der Waals surface area contributed by atoms with Crippen LogP contribution in [0.3, 0.4) is 0 Å². The third-order valence-electron chi connectivity index (χ3n) is 4.31. The highest BCUT2D eigenvalue weighted by molar-refractivity contribution is 9.10. The van der Waals surface area contributed by atoms with Crippen LogP contribution in [0.15, 0.2) is 22.7 Å². The molecule has 1 nitrogen and oxygen atoms in total. The summed E-state index contributed by atoms with van der Waals surface area (Å²) in [5.41, 5.74) is 0.993. The molecule has 1 N–H and O–H groups in total. The van der Waals surface area contributed by atoms with Gasteiger partial charge in [-0.15, -0.1) is 0 Å². The molecule has 0 amide bonds. The lowest BCUT2D eigenvalue weighted by Gasteiger charge is -2.34. The second kappa shape index (κ2) is 9.58. The van der Waals surface area contributed by atoms with Gasteiger partial charge in [-0.05, 0) is 61.4 Å².